The number of carboxylic acid groups (broad SMARTS) is 5. The van der Waals surface area contributed by atoms with E-state index in [1.807, 2.05) is 0 Å². The Morgan fingerprint density at radius 2 is 1.05 bits per heavy atom. The number of aromatic carboxylic acids is 4. The summed E-state index contributed by atoms with van der Waals surface area (Å²) in [6.07, 6.45) is -0.839. The molecule has 0 heterocycles. The number of hydrogen-bond acceptors (Lipinski definition) is 9. The van der Waals surface area contributed by atoms with Gasteiger partial charge in [0.25, 0.3) is 0 Å². The van der Waals surface area contributed by atoms with Gasteiger partial charge in [0.15, 0.2) is 0 Å². The third kappa shape index (κ3) is 7.72. The van der Waals surface area contributed by atoms with Crippen molar-refractivity contribution in [2.75, 3.05) is 0 Å². The zero-order valence-corrected chi connectivity index (χ0v) is 19.9. The second-order valence-corrected chi connectivity index (χ2v) is 7.75. The second-order valence-electron chi connectivity index (χ2n) is 7.75. The molecule has 0 amide bonds. The molecule has 0 atom stereocenters. The van der Waals surface area contributed by atoms with Crippen LogP contribution >= 0.6 is 0 Å². The van der Waals surface area contributed by atoms with E-state index in [1.165, 1.54) is 13.0 Å². The van der Waals surface area contributed by atoms with Gasteiger partial charge < -0.3 is 35.0 Å². The molecule has 5 N–H and O–H groups in total. The third-order valence-electron chi connectivity index (χ3n) is 5.10. The largest absolute Gasteiger partial charge is 0.478 e. The molecule has 14 heteroatoms. The molecule has 0 aliphatic rings. The van der Waals surface area contributed by atoms with E-state index >= 15 is 0 Å². The third-order valence-corrected chi connectivity index (χ3v) is 5.10. The van der Waals surface area contributed by atoms with Crippen molar-refractivity contribution in [2.45, 2.75) is 26.1 Å². The highest BCUT2D eigenvalue weighted by atomic mass is 16.7. The number of hydrogen-bond donors (Lipinski definition) is 5. The number of benzene rings is 2. The van der Waals surface area contributed by atoms with Crippen LogP contribution in [0.3, 0.4) is 0 Å². The predicted molar refractivity (Wildman–Crippen MR) is 126 cm³/mol. The van der Waals surface area contributed by atoms with Crippen LogP contribution in [0.2, 0.25) is 0 Å². The Balaban J connectivity index is 2.36. The van der Waals surface area contributed by atoms with Gasteiger partial charge in [0.2, 0.25) is 6.29 Å². The summed E-state index contributed by atoms with van der Waals surface area (Å²) in [7, 11) is 0. The molecule has 0 aliphatic heterocycles. The lowest BCUT2D eigenvalue weighted by Gasteiger charge is -2.18. The van der Waals surface area contributed by atoms with E-state index in [0.29, 0.717) is 0 Å². The maximum atomic E-state index is 12.7. The SMILES string of the molecule is CC(=CCCC(OC(=O)c1ccc(C(=O)O)c(C(=O)O)c1)OC(=O)c1ccc(C(=O)O)c(C(=O)O)c1)C(=O)O. The summed E-state index contributed by atoms with van der Waals surface area (Å²) in [4.78, 5) is 81.7. The molecular weight excluding hydrogens is 524 g/mol. The van der Waals surface area contributed by atoms with Crippen molar-refractivity contribution in [3.05, 3.63) is 81.4 Å². The van der Waals surface area contributed by atoms with Crippen LogP contribution < -0.4 is 0 Å². The average molecular weight is 544 g/mol. The molecule has 39 heavy (non-hydrogen) atoms. The molecule has 0 aromatic heterocycles. The van der Waals surface area contributed by atoms with Crippen molar-refractivity contribution in [1.29, 1.82) is 0 Å². The van der Waals surface area contributed by atoms with E-state index in [1.54, 1.807) is 0 Å². The topological polar surface area (TPSA) is 239 Å². The molecule has 14 nitrogen and oxygen atoms in total. The molecule has 0 bridgehead atoms. The molecule has 0 unspecified atom stereocenters. The molecule has 204 valence electrons. The van der Waals surface area contributed by atoms with Gasteiger partial charge >= 0.3 is 41.8 Å². The minimum absolute atomic E-state index is 0.0721. The highest BCUT2D eigenvalue weighted by molar-refractivity contribution is 6.05. The van der Waals surface area contributed by atoms with Crippen molar-refractivity contribution < 1.29 is 68.6 Å². The normalized spacial score (nSPS) is 11.0. The first kappa shape index (κ1) is 29.7. The fraction of sp³-hybridized carbons (Fsp3) is 0.160. The number of rotatable bonds is 12. The Hall–Kier alpha value is -5.53. The number of carbonyl (C=O) groups excluding carboxylic acids is 2. The molecule has 0 saturated carbocycles. The van der Waals surface area contributed by atoms with Gasteiger partial charge in [0.05, 0.1) is 33.4 Å². The predicted octanol–water partition coefficient (Wildman–Crippen LogP) is 2.63. The van der Waals surface area contributed by atoms with Gasteiger partial charge in [-0.3, -0.25) is 0 Å². The van der Waals surface area contributed by atoms with E-state index in [-0.39, 0.29) is 18.4 Å². The maximum absolute atomic E-state index is 12.7. The lowest BCUT2D eigenvalue weighted by molar-refractivity contribution is -0.132. The summed E-state index contributed by atoms with van der Waals surface area (Å²) in [5.74, 6) is -10.1. The summed E-state index contributed by atoms with van der Waals surface area (Å²) in [6, 6.07) is 5.14. The highest BCUT2D eigenvalue weighted by Crippen LogP contribution is 2.19. The lowest BCUT2D eigenvalue weighted by Crippen LogP contribution is -2.25. The molecule has 2 aromatic carbocycles. The number of ether oxygens (including phenoxy) is 2. The van der Waals surface area contributed by atoms with Gasteiger partial charge in [-0.1, -0.05) is 6.08 Å². The van der Waals surface area contributed by atoms with Crippen LogP contribution in [0.1, 0.15) is 81.9 Å². The minimum atomic E-state index is -1.71. The average Bonchev–Trinajstić information content (AvgIpc) is 2.87. The summed E-state index contributed by atoms with van der Waals surface area (Å²) in [5, 5.41) is 45.7. The van der Waals surface area contributed by atoms with E-state index in [4.69, 9.17) is 24.8 Å². The van der Waals surface area contributed by atoms with Gasteiger partial charge in [0.1, 0.15) is 0 Å². The quantitative estimate of drug-likeness (QED) is 0.147. The first-order valence-corrected chi connectivity index (χ1v) is 10.8. The summed E-state index contributed by atoms with van der Waals surface area (Å²) >= 11 is 0. The molecule has 0 spiro atoms. The smallest absolute Gasteiger partial charge is 0.341 e. The van der Waals surface area contributed by atoms with Crippen LogP contribution in [0.5, 0.6) is 0 Å². The second kappa shape index (κ2) is 12.6. The molecular formula is C25H20O14. The van der Waals surface area contributed by atoms with Gasteiger partial charge in [-0.05, 0) is 49.7 Å². The summed E-state index contributed by atoms with van der Waals surface area (Å²) < 4.78 is 10.3. The van der Waals surface area contributed by atoms with E-state index in [0.717, 1.165) is 36.4 Å². The van der Waals surface area contributed by atoms with Crippen molar-refractivity contribution >= 4 is 41.8 Å². The van der Waals surface area contributed by atoms with Crippen molar-refractivity contribution in [3.63, 3.8) is 0 Å². The first-order valence-electron chi connectivity index (χ1n) is 10.8. The molecule has 0 saturated heterocycles. The Morgan fingerprint density at radius 3 is 1.38 bits per heavy atom. The van der Waals surface area contributed by atoms with Crippen LogP contribution in [0, 0.1) is 0 Å². The van der Waals surface area contributed by atoms with Crippen LogP contribution in [0.4, 0.5) is 0 Å². The van der Waals surface area contributed by atoms with Crippen LogP contribution in [-0.4, -0.2) is 73.6 Å². The highest BCUT2D eigenvalue weighted by Gasteiger charge is 2.25. The zero-order valence-electron chi connectivity index (χ0n) is 19.9. The van der Waals surface area contributed by atoms with Crippen molar-refractivity contribution in [3.8, 4) is 0 Å². The van der Waals surface area contributed by atoms with Gasteiger partial charge in [0, 0.05) is 12.0 Å². The van der Waals surface area contributed by atoms with Crippen LogP contribution in [-0.2, 0) is 14.3 Å². The summed E-state index contributed by atoms with van der Waals surface area (Å²) in [5.41, 5.74) is -3.53. The Labute approximate surface area is 218 Å². The van der Waals surface area contributed by atoms with Gasteiger partial charge in [-0.25, -0.2) is 33.6 Å². The molecule has 0 radical (unpaired) electrons. The molecule has 2 aromatic rings. The summed E-state index contributed by atoms with van der Waals surface area (Å²) in [6.45, 7) is 1.28. The number of aliphatic carboxylic acids is 1. The lowest BCUT2D eigenvalue weighted by atomic mass is 10.0. The Kier molecular flexibility index (Phi) is 9.61. The Morgan fingerprint density at radius 1 is 0.667 bits per heavy atom. The Bertz CT molecular complexity index is 1310. The molecule has 2 rings (SSSR count). The van der Waals surface area contributed by atoms with E-state index in [2.05, 4.69) is 0 Å². The molecule has 0 aliphatic carbocycles. The molecule has 0 fully saturated rings. The number of carbonyl (C=O) groups is 7. The monoisotopic (exact) mass is 544 g/mol. The van der Waals surface area contributed by atoms with Crippen LogP contribution in [0.15, 0.2) is 48.0 Å². The van der Waals surface area contributed by atoms with Crippen molar-refractivity contribution in [1.82, 2.24) is 0 Å². The number of esters is 2. The zero-order chi connectivity index (χ0) is 29.4. The van der Waals surface area contributed by atoms with Gasteiger partial charge in [-0.15, -0.1) is 0 Å². The fourth-order valence-electron chi connectivity index (χ4n) is 3.11. The van der Waals surface area contributed by atoms with E-state index < -0.39 is 81.5 Å². The van der Waals surface area contributed by atoms with Crippen molar-refractivity contribution in [2.24, 2.45) is 0 Å². The fourth-order valence-corrected chi connectivity index (χ4v) is 3.11. The minimum Gasteiger partial charge on any atom is -0.478 e. The standard InChI is InChI=1S/C25H20O14/c1-11(19(26)27)3-2-4-18(38-24(36)12-5-7-14(20(28)29)16(9-12)22(32)33)39-25(37)13-6-8-15(21(30)31)17(10-13)23(34)35/h3,5-10,18H,2,4H2,1H3,(H,26,27)(H,28,29)(H,30,31)(H,32,33)(H,34,35). The first-order chi connectivity index (χ1) is 18.2. The number of allylic oxidation sites excluding steroid dienone is 1. The number of carboxylic acids is 5. The van der Waals surface area contributed by atoms with Crippen LogP contribution in [0.25, 0.3) is 0 Å². The maximum Gasteiger partial charge on any atom is 0.341 e. The van der Waals surface area contributed by atoms with E-state index in [9.17, 15) is 43.8 Å². The van der Waals surface area contributed by atoms with Gasteiger partial charge in [-0.2, -0.15) is 0 Å².